The molecular formula is C4H12N2O. The summed E-state index contributed by atoms with van der Waals surface area (Å²) < 4.78 is 4.71. The lowest BCUT2D eigenvalue weighted by molar-refractivity contribution is 0.109. The maximum absolute atomic E-state index is 5.30. The Bertz CT molecular complexity index is 40.7. The van der Waals surface area contributed by atoms with Crippen LogP contribution in [-0.4, -0.2) is 26.9 Å². The number of ether oxygens (including phenoxy) is 1. The average molecular weight is 104 g/mol. The average Bonchev–Trinajstić information content (AvgIpc) is 1.68. The Morgan fingerprint density at radius 1 is 1.86 bits per heavy atom. The van der Waals surface area contributed by atoms with E-state index in [9.17, 15) is 0 Å². The number of rotatable bonds is 3. The van der Waals surface area contributed by atoms with Crippen molar-refractivity contribution >= 4 is 0 Å². The third kappa shape index (κ3) is 3.72. The molecule has 0 fully saturated rings. The van der Waals surface area contributed by atoms with E-state index in [-0.39, 0.29) is 6.23 Å². The van der Waals surface area contributed by atoms with Crippen LogP contribution in [0.4, 0.5) is 0 Å². The van der Waals surface area contributed by atoms with E-state index in [0.29, 0.717) is 6.54 Å². The fourth-order valence-corrected chi connectivity index (χ4v) is 0.285. The highest BCUT2D eigenvalue weighted by Crippen LogP contribution is 1.70. The zero-order chi connectivity index (χ0) is 5.70. The summed E-state index contributed by atoms with van der Waals surface area (Å²) in [7, 11) is 3.42. The quantitative estimate of drug-likeness (QED) is 0.458. The van der Waals surface area contributed by atoms with Gasteiger partial charge >= 0.3 is 0 Å². The van der Waals surface area contributed by atoms with Crippen molar-refractivity contribution in [3.05, 3.63) is 0 Å². The lowest BCUT2D eigenvalue weighted by atomic mass is 10.6. The van der Waals surface area contributed by atoms with Gasteiger partial charge in [0.15, 0.2) is 0 Å². The molecule has 1 atom stereocenters. The first-order valence-electron chi connectivity index (χ1n) is 2.24. The van der Waals surface area contributed by atoms with Crippen molar-refractivity contribution in [2.75, 3.05) is 20.7 Å². The standard InChI is InChI=1S/C4H12N2O/c1-6-3-4(5)7-2/h4,6H,3,5H2,1-2H3. The summed E-state index contributed by atoms with van der Waals surface area (Å²) in [5.74, 6) is 0. The Morgan fingerprint density at radius 3 is 2.57 bits per heavy atom. The minimum Gasteiger partial charge on any atom is -0.365 e. The number of likely N-dealkylation sites (N-methyl/N-ethyl adjacent to an activating group) is 1. The lowest BCUT2D eigenvalue weighted by Gasteiger charge is -2.05. The van der Waals surface area contributed by atoms with Gasteiger partial charge in [-0.05, 0) is 7.05 Å². The molecule has 0 aliphatic rings. The first-order valence-corrected chi connectivity index (χ1v) is 2.24. The van der Waals surface area contributed by atoms with Crippen LogP contribution >= 0.6 is 0 Å². The Balaban J connectivity index is 2.83. The van der Waals surface area contributed by atoms with Gasteiger partial charge in [0.1, 0.15) is 6.23 Å². The largest absolute Gasteiger partial charge is 0.365 e. The highest BCUT2D eigenvalue weighted by Gasteiger charge is 1.92. The molecule has 44 valence electrons. The van der Waals surface area contributed by atoms with Gasteiger partial charge in [0.05, 0.1) is 0 Å². The van der Waals surface area contributed by atoms with Gasteiger partial charge in [0.25, 0.3) is 0 Å². The third-order valence-corrected chi connectivity index (χ3v) is 0.708. The summed E-state index contributed by atoms with van der Waals surface area (Å²) in [6, 6.07) is 0. The fourth-order valence-electron chi connectivity index (χ4n) is 0.285. The molecule has 0 aliphatic carbocycles. The summed E-state index contributed by atoms with van der Waals surface area (Å²) in [4.78, 5) is 0. The predicted octanol–water partition coefficient (Wildman–Crippen LogP) is -0.863. The van der Waals surface area contributed by atoms with Crippen molar-refractivity contribution in [2.24, 2.45) is 5.73 Å². The van der Waals surface area contributed by atoms with Crippen LogP contribution in [0, 0.1) is 0 Å². The Hall–Kier alpha value is -0.120. The molecule has 0 amide bonds. The SMILES string of the molecule is CNCC(N)OC. The van der Waals surface area contributed by atoms with E-state index in [2.05, 4.69) is 5.32 Å². The van der Waals surface area contributed by atoms with Gasteiger partial charge in [0.2, 0.25) is 0 Å². The summed E-state index contributed by atoms with van der Waals surface area (Å²) in [5.41, 5.74) is 5.30. The molecule has 0 bridgehead atoms. The number of methoxy groups -OCH3 is 1. The van der Waals surface area contributed by atoms with Gasteiger partial charge < -0.3 is 15.8 Å². The molecular weight excluding hydrogens is 92.1 g/mol. The summed E-state index contributed by atoms with van der Waals surface area (Å²) in [6.45, 7) is 0.705. The van der Waals surface area contributed by atoms with E-state index in [1.165, 1.54) is 0 Å². The molecule has 0 saturated carbocycles. The molecule has 0 rings (SSSR count). The Labute approximate surface area is 43.8 Å². The summed E-state index contributed by atoms with van der Waals surface area (Å²) >= 11 is 0. The van der Waals surface area contributed by atoms with Gasteiger partial charge in [-0.25, -0.2) is 0 Å². The van der Waals surface area contributed by atoms with E-state index in [1.54, 1.807) is 7.11 Å². The summed E-state index contributed by atoms with van der Waals surface area (Å²) in [5, 5.41) is 2.87. The van der Waals surface area contributed by atoms with Crippen LogP contribution in [0.25, 0.3) is 0 Å². The molecule has 0 aromatic heterocycles. The molecule has 1 unspecified atom stereocenters. The van der Waals surface area contributed by atoms with Gasteiger partial charge in [-0.1, -0.05) is 0 Å². The monoisotopic (exact) mass is 104 g/mol. The van der Waals surface area contributed by atoms with Crippen LogP contribution in [-0.2, 0) is 4.74 Å². The number of hydrogen-bond donors (Lipinski definition) is 2. The maximum Gasteiger partial charge on any atom is 0.117 e. The lowest BCUT2D eigenvalue weighted by Crippen LogP contribution is -2.33. The molecule has 0 radical (unpaired) electrons. The normalized spacial score (nSPS) is 14.1. The molecule has 0 spiro atoms. The van der Waals surface area contributed by atoms with E-state index in [4.69, 9.17) is 10.5 Å². The van der Waals surface area contributed by atoms with Crippen LogP contribution in [0.1, 0.15) is 0 Å². The van der Waals surface area contributed by atoms with Gasteiger partial charge in [0, 0.05) is 13.7 Å². The molecule has 0 saturated heterocycles. The molecule has 0 aliphatic heterocycles. The summed E-state index contributed by atoms with van der Waals surface area (Å²) in [6.07, 6.45) is -0.162. The van der Waals surface area contributed by atoms with Gasteiger partial charge in [-0.2, -0.15) is 0 Å². The maximum atomic E-state index is 5.30. The number of hydrogen-bond acceptors (Lipinski definition) is 3. The highest BCUT2D eigenvalue weighted by molar-refractivity contribution is 4.45. The number of nitrogens with one attached hydrogen (secondary N) is 1. The van der Waals surface area contributed by atoms with Crippen LogP contribution in [0.3, 0.4) is 0 Å². The van der Waals surface area contributed by atoms with Crippen LogP contribution in [0.2, 0.25) is 0 Å². The second-order valence-corrected chi connectivity index (χ2v) is 1.33. The van der Waals surface area contributed by atoms with Crippen molar-refractivity contribution in [3.63, 3.8) is 0 Å². The zero-order valence-corrected chi connectivity index (χ0v) is 4.77. The van der Waals surface area contributed by atoms with Gasteiger partial charge in [-0.15, -0.1) is 0 Å². The Morgan fingerprint density at radius 2 is 2.43 bits per heavy atom. The van der Waals surface area contributed by atoms with E-state index in [0.717, 1.165) is 0 Å². The molecule has 3 heteroatoms. The van der Waals surface area contributed by atoms with Crippen molar-refractivity contribution in [1.82, 2.24) is 5.32 Å². The smallest absolute Gasteiger partial charge is 0.117 e. The molecule has 0 aromatic rings. The number of nitrogens with two attached hydrogens (primary N) is 1. The van der Waals surface area contributed by atoms with E-state index < -0.39 is 0 Å². The molecule has 3 N–H and O–H groups in total. The Kier molecular flexibility index (Phi) is 3.98. The molecule has 3 nitrogen and oxygen atoms in total. The van der Waals surface area contributed by atoms with Crippen LogP contribution in [0.5, 0.6) is 0 Å². The highest BCUT2D eigenvalue weighted by atomic mass is 16.5. The first-order chi connectivity index (χ1) is 3.31. The van der Waals surface area contributed by atoms with Crippen LogP contribution < -0.4 is 11.1 Å². The second kappa shape index (κ2) is 4.05. The van der Waals surface area contributed by atoms with E-state index in [1.807, 2.05) is 7.05 Å². The predicted molar refractivity (Wildman–Crippen MR) is 28.9 cm³/mol. The molecule has 0 aromatic carbocycles. The zero-order valence-electron chi connectivity index (χ0n) is 4.77. The fraction of sp³-hybridized carbons (Fsp3) is 1.00. The first kappa shape index (κ1) is 6.88. The molecule has 0 heterocycles. The topological polar surface area (TPSA) is 47.3 Å². The second-order valence-electron chi connectivity index (χ2n) is 1.33. The minimum absolute atomic E-state index is 0.162. The van der Waals surface area contributed by atoms with Crippen molar-refractivity contribution in [3.8, 4) is 0 Å². The van der Waals surface area contributed by atoms with Crippen LogP contribution in [0.15, 0.2) is 0 Å². The van der Waals surface area contributed by atoms with Gasteiger partial charge in [-0.3, -0.25) is 0 Å². The third-order valence-electron chi connectivity index (χ3n) is 0.708. The molecule has 7 heavy (non-hydrogen) atoms. The van der Waals surface area contributed by atoms with Crippen molar-refractivity contribution in [2.45, 2.75) is 6.23 Å². The van der Waals surface area contributed by atoms with E-state index >= 15 is 0 Å². The van der Waals surface area contributed by atoms with Crippen molar-refractivity contribution in [1.29, 1.82) is 0 Å². The minimum atomic E-state index is -0.162. The van der Waals surface area contributed by atoms with Crippen molar-refractivity contribution < 1.29 is 4.74 Å².